The Bertz CT molecular complexity index is 984. The van der Waals surface area contributed by atoms with Gasteiger partial charge in [-0.15, -0.1) is 0 Å². The van der Waals surface area contributed by atoms with Gasteiger partial charge in [0.05, 0.1) is 11.0 Å². The average Bonchev–Trinajstić information content (AvgIpc) is 2.97. The van der Waals surface area contributed by atoms with Crippen molar-refractivity contribution in [2.75, 3.05) is 0 Å². The summed E-state index contributed by atoms with van der Waals surface area (Å²) in [6.45, 7) is 10.3. The van der Waals surface area contributed by atoms with Crippen molar-refractivity contribution in [3.05, 3.63) is 52.2 Å². The van der Waals surface area contributed by atoms with Gasteiger partial charge in [-0.25, -0.2) is 0 Å². The van der Waals surface area contributed by atoms with E-state index in [2.05, 4.69) is 74.2 Å². The van der Waals surface area contributed by atoms with E-state index in [1.807, 2.05) is 6.08 Å². The van der Waals surface area contributed by atoms with E-state index in [0.717, 1.165) is 0 Å². The Balaban J connectivity index is 2.88. The first-order valence-electron chi connectivity index (χ1n) is 7.04. The largest absolute Gasteiger partial charge is 0.308 e. The highest BCUT2D eigenvalue weighted by atomic mass is 14.9. The molecule has 0 unspecified atom stereocenters. The molecule has 0 aliphatic rings. The van der Waals surface area contributed by atoms with E-state index in [1.165, 1.54) is 37.8 Å². The quantitative estimate of drug-likeness (QED) is 0.634. The molecule has 100 valence electrons. The van der Waals surface area contributed by atoms with Gasteiger partial charge in [0.15, 0.2) is 0 Å². The van der Waals surface area contributed by atoms with Gasteiger partial charge in [-0.1, -0.05) is 49.1 Å². The molecule has 0 amide bonds. The molecule has 1 aromatic carbocycles. The molecular weight excluding hydrogens is 242 g/mol. The smallest absolute Gasteiger partial charge is 0.0616 e. The van der Waals surface area contributed by atoms with Crippen LogP contribution in [0.3, 0.4) is 0 Å². The van der Waals surface area contributed by atoms with Crippen LogP contribution in [0, 0.1) is 0 Å². The predicted octanol–water partition coefficient (Wildman–Crippen LogP) is 2.86. The molecule has 0 saturated heterocycles. The highest BCUT2D eigenvalue weighted by molar-refractivity contribution is 5.92. The number of fused-ring (bicyclic) bond motifs is 3. The van der Waals surface area contributed by atoms with E-state index in [0.29, 0.717) is 0 Å². The molecule has 3 aromatic rings. The molecule has 0 aliphatic carbocycles. The molecule has 0 aliphatic heterocycles. The number of hydrogen-bond donors (Lipinski definition) is 0. The molecule has 3 rings (SSSR count). The lowest BCUT2D eigenvalue weighted by atomic mass is 10.1. The highest BCUT2D eigenvalue weighted by Crippen LogP contribution is 2.15. The van der Waals surface area contributed by atoms with Crippen molar-refractivity contribution < 1.29 is 0 Å². The molecule has 20 heavy (non-hydrogen) atoms. The van der Waals surface area contributed by atoms with Crippen molar-refractivity contribution in [1.29, 1.82) is 0 Å². The van der Waals surface area contributed by atoms with Crippen molar-refractivity contribution in [3.8, 4) is 0 Å². The van der Waals surface area contributed by atoms with Crippen LogP contribution >= 0.6 is 0 Å². The van der Waals surface area contributed by atoms with E-state index in [1.54, 1.807) is 0 Å². The number of rotatable bonds is 1. The SMILES string of the molecule is C=Cc1c(=C/C)/c(=C\C)n2c1/c(=C\C)c1ccccc12. The van der Waals surface area contributed by atoms with Gasteiger partial charge in [0.25, 0.3) is 0 Å². The Kier molecular flexibility index (Phi) is 2.98. The Labute approximate surface area is 118 Å². The van der Waals surface area contributed by atoms with E-state index in [9.17, 15) is 0 Å². The van der Waals surface area contributed by atoms with Crippen LogP contribution in [-0.4, -0.2) is 4.40 Å². The van der Waals surface area contributed by atoms with Gasteiger partial charge in [0.2, 0.25) is 0 Å². The molecule has 0 fully saturated rings. The van der Waals surface area contributed by atoms with Gasteiger partial charge < -0.3 is 4.40 Å². The van der Waals surface area contributed by atoms with E-state index >= 15 is 0 Å². The Morgan fingerprint density at radius 2 is 1.65 bits per heavy atom. The van der Waals surface area contributed by atoms with Gasteiger partial charge in [0.1, 0.15) is 0 Å². The van der Waals surface area contributed by atoms with Gasteiger partial charge in [-0.05, 0) is 26.8 Å². The number of nitrogens with zero attached hydrogens (tertiary/aromatic N) is 1. The third-order valence-electron chi connectivity index (χ3n) is 4.03. The van der Waals surface area contributed by atoms with Crippen LogP contribution in [0.25, 0.3) is 40.7 Å². The first kappa shape index (κ1) is 12.7. The molecule has 0 radical (unpaired) electrons. The third kappa shape index (κ3) is 1.44. The molecule has 1 nitrogen and oxygen atoms in total. The number of benzene rings is 1. The van der Waals surface area contributed by atoms with Crippen LogP contribution in [0.5, 0.6) is 0 Å². The lowest BCUT2D eigenvalue weighted by Crippen LogP contribution is -2.26. The van der Waals surface area contributed by atoms with Crippen molar-refractivity contribution in [2.45, 2.75) is 20.8 Å². The maximum absolute atomic E-state index is 4.02. The van der Waals surface area contributed by atoms with Gasteiger partial charge in [-0.2, -0.15) is 0 Å². The second-order valence-electron chi connectivity index (χ2n) is 4.90. The zero-order valence-corrected chi connectivity index (χ0v) is 12.3. The molecule has 2 heterocycles. The van der Waals surface area contributed by atoms with Crippen molar-refractivity contribution in [3.63, 3.8) is 0 Å². The fourth-order valence-corrected chi connectivity index (χ4v) is 3.25. The topological polar surface area (TPSA) is 4.41 Å². The van der Waals surface area contributed by atoms with E-state index < -0.39 is 0 Å². The van der Waals surface area contributed by atoms with Crippen LogP contribution in [0.1, 0.15) is 26.3 Å². The summed E-state index contributed by atoms with van der Waals surface area (Å²) in [5.74, 6) is 0. The zero-order valence-electron chi connectivity index (χ0n) is 12.3. The molecular formula is C19H19N. The van der Waals surface area contributed by atoms with Crippen LogP contribution in [0.15, 0.2) is 30.8 Å². The lowest BCUT2D eigenvalue weighted by Gasteiger charge is -1.92. The molecule has 2 aromatic heterocycles. The Hall–Kier alpha value is -2.28. The van der Waals surface area contributed by atoms with Gasteiger partial charge >= 0.3 is 0 Å². The Morgan fingerprint density at radius 3 is 2.25 bits per heavy atom. The second kappa shape index (κ2) is 4.68. The molecule has 0 spiro atoms. The molecule has 0 N–H and O–H groups in total. The molecule has 0 bridgehead atoms. The van der Waals surface area contributed by atoms with Crippen LogP contribution in [0.4, 0.5) is 0 Å². The minimum Gasteiger partial charge on any atom is -0.308 e. The summed E-state index contributed by atoms with van der Waals surface area (Å²) in [6.07, 6.45) is 8.53. The predicted molar refractivity (Wildman–Crippen MR) is 89.9 cm³/mol. The van der Waals surface area contributed by atoms with Gasteiger partial charge in [0, 0.05) is 26.7 Å². The zero-order chi connectivity index (χ0) is 14.3. The second-order valence-corrected chi connectivity index (χ2v) is 4.90. The highest BCUT2D eigenvalue weighted by Gasteiger charge is 2.12. The van der Waals surface area contributed by atoms with Crippen molar-refractivity contribution in [2.24, 2.45) is 0 Å². The first-order valence-corrected chi connectivity index (χ1v) is 7.04. The molecule has 1 heteroatoms. The molecule has 0 saturated carbocycles. The lowest BCUT2D eigenvalue weighted by molar-refractivity contribution is 1.21. The van der Waals surface area contributed by atoms with Crippen molar-refractivity contribution in [1.82, 2.24) is 4.40 Å². The molecule has 0 atom stereocenters. The normalized spacial score (nSPS) is 14.8. The summed E-state index contributed by atoms with van der Waals surface area (Å²) >= 11 is 0. The number of aromatic nitrogens is 1. The summed E-state index contributed by atoms with van der Waals surface area (Å²) in [7, 11) is 0. The third-order valence-corrected chi connectivity index (χ3v) is 4.03. The standard InChI is InChI=1S/C19H19N/c1-5-13-14(6-2)19-15(7-3)16-11-9-10-12-18(16)20(19)17(13)8-4/h5-12H,2H2,1,3-4H3/b13-5-,15-7-,17-8+. The van der Waals surface area contributed by atoms with Crippen molar-refractivity contribution >= 4 is 40.7 Å². The summed E-state index contributed by atoms with van der Waals surface area (Å²) in [5.41, 5.74) is 3.76. The van der Waals surface area contributed by atoms with E-state index in [-0.39, 0.29) is 0 Å². The van der Waals surface area contributed by atoms with Crippen LogP contribution in [0.2, 0.25) is 0 Å². The van der Waals surface area contributed by atoms with Crippen LogP contribution < -0.4 is 15.8 Å². The monoisotopic (exact) mass is 261 g/mol. The fourth-order valence-electron chi connectivity index (χ4n) is 3.25. The number of para-hydroxylation sites is 1. The first-order chi connectivity index (χ1) is 9.78. The summed E-state index contributed by atoms with van der Waals surface area (Å²) < 4.78 is 2.36. The summed E-state index contributed by atoms with van der Waals surface area (Å²) in [4.78, 5) is 0. The average molecular weight is 261 g/mol. The summed E-state index contributed by atoms with van der Waals surface area (Å²) in [5, 5.41) is 5.12. The Morgan fingerprint density at radius 1 is 0.950 bits per heavy atom. The maximum Gasteiger partial charge on any atom is 0.0616 e. The minimum absolute atomic E-state index is 1.23. The van der Waals surface area contributed by atoms with E-state index in [4.69, 9.17) is 0 Å². The van der Waals surface area contributed by atoms with Crippen LogP contribution in [-0.2, 0) is 0 Å². The maximum atomic E-state index is 4.02. The minimum atomic E-state index is 1.23. The fraction of sp³-hybridized carbons (Fsp3) is 0.158. The summed E-state index contributed by atoms with van der Waals surface area (Å²) in [6, 6.07) is 8.59. The van der Waals surface area contributed by atoms with Gasteiger partial charge in [-0.3, -0.25) is 0 Å². The number of hydrogen-bond acceptors (Lipinski definition) is 0.